The normalized spacial score (nSPS) is 47.1. The molecule has 0 heterocycles. The molecule has 0 spiro atoms. The Morgan fingerprint density at radius 3 is 2.59 bits per heavy atom. The molecule has 2 fully saturated rings. The Morgan fingerprint density at radius 2 is 1.95 bits per heavy atom. The molecule has 0 radical (unpaired) electrons. The van der Waals surface area contributed by atoms with Crippen molar-refractivity contribution in [3.8, 4) is 0 Å². The van der Waals surface area contributed by atoms with Gasteiger partial charge in [0, 0.05) is 5.41 Å². The zero-order chi connectivity index (χ0) is 16.2. The van der Waals surface area contributed by atoms with E-state index in [0.29, 0.717) is 17.3 Å². The van der Waals surface area contributed by atoms with Crippen molar-refractivity contribution in [2.75, 3.05) is 6.61 Å². The SMILES string of the molecule is C=C[C@]1(CO)C=C2CC[C@@H]3C(C)(C)[C@H](O)CC[C@@]3(C)[C@@H]2CC1. The Bertz CT molecular complexity index is 492. The van der Waals surface area contributed by atoms with Crippen LogP contribution in [0.25, 0.3) is 0 Å². The van der Waals surface area contributed by atoms with Crippen molar-refractivity contribution in [1.29, 1.82) is 0 Å². The first-order valence-electron chi connectivity index (χ1n) is 8.93. The highest BCUT2D eigenvalue weighted by atomic mass is 16.3. The molecule has 3 aliphatic carbocycles. The molecular weight excluding hydrogens is 272 g/mol. The summed E-state index contributed by atoms with van der Waals surface area (Å²) in [6.07, 6.45) is 10.6. The van der Waals surface area contributed by atoms with Gasteiger partial charge in [-0.25, -0.2) is 0 Å². The Hall–Kier alpha value is -0.600. The van der Waals surface area contributed by atoms with Crippen LogP contribution in [-0.4, -0.2) is 22.9 Å². The molecule has 0 amide bonds. The largest absolute Gasteiger partial charge is 0.395 e. The van der Waals surface area contributed by atoms with Gasteiger partial charge in [0.15, 0.2) is 0 Å². The van der Waals surface area contributed by atoms with Gasteiger partial charge >= 0.3 is 0 Å². The van der Waals surface area contributed by atoms with Crippen molar-refractivity contribution in [2.45, 2.75) is 65.4 Å². The number of hydrogen-bond acceptors (Lipinski definition) is 2. The van der Waals surface area contributed by atoms with Gasteiger partial charge in [-0.2, -0.15) is 0 Å². The third-order valence-corrected chi connectivity index (χ3v) is 7.55. The van der Waals surface area contributed by atoms with E-state index in [0.717, 1.165) is 32.1 Å². The minimum absolute atomic E-state index is 0.0164. The second-order valence-corrected chi connectivity index (χ2v) is 8.88. The second kappa shape index (κ2) is 5.21. The molecule has 3 rings (SSSR count). The summed E-state index contributed by atoms with van der Waals surface area (Å²) in [7, 11) is 0. The lowest BCUT2D eigenvalue weighted by Crippen LogP contribution is -2.55. The lowest BCUT2D eigenvalue weighted by atomic mass is 9.45. The summed E-state index contributed by atoms with van der Waals surface area (Å²) < 4.78 is 0. The van der Waals surface area contributed by atoms with Gasteiger partial charge in [0.05, 0.1) is 12.7 Å². The summed E-state index contributed by atoms with van der Waals surface area (Å²) in [6, 6.07) is 0. The van der Waals surface area contributed by atoms with Crippen molar-refractivity contribution in [2.24, 2.45) is 28.1 Å². The highest BCUT2D eigenvalue weighted by molar-refractivity contribution is 5.27. The third kappa shape index (κ3) is 2.14. The number of allylic oxidation sites excluding steroid dienone is 1. The van der Waals surface area contributed by atoms with Gasteiger partial charge in [-0.1, -0.05) is 38.5 Å². The summed E-state index contributed by atoms with van der Waals surface area (Å²) in [5.74, 6) is 1.22. The fourth-order valence-electron chi connectivity index (χ4n) is 6.00. The van der Waals surface area contributed by atoms with Gasteiger partial charge in [0.2, 0.25) is 0 Å². The van der Waals surface area contributed by atoms with Crippen LogP contribution in [0.3, 0.4) is 0 Å². The Labute approximate surface area is 135 Å². The molecule has 0 saturated heterocycles. The maximum Gasteiger partial charge on any atom is 0.0594 e. The van der Waals surface area contributed by atoms with Crippen LogP contribution in [0.5, 0.6) is 0 Å². The van der Waals surface area contributed by atoms with Gasteiger partial charge < -0.3 is 10.2 Å². The van der Waals surface area contributed by atoms with Crippen LogP contribution in [0.1, 0.15) is 59.3 Å². The monoisotopic (exact) mass is 304 g/mol. The predicted molar refractivity (Wildman–Crippen MR) is 90.4 cm³/mol. The quantitative estimate of drug-likeness (QED) is 0.755. The Balaban J connectivity index is 1.97. The van der Waals surface area contributed by atoms with Crippen LogP contribution in [0.2, 0.25) is 0 Å². The zero-order valence-corrected chi connectivity index (χ0v) is 14.4. The maximum atomic E-state index is 10.5. The number of fused-ring (bicyclic) bond motifs is 3. The molecule has 0 aliphatic heterocycles. The average Bonchev–Trinajstić information content (AvgIpc) is 2.51. The fourth-order valence-corrected chi connectivity index (χ4v) is 6.00. The molecule has 0 bridgehead atoms. The molecule has 0 aromatic rings. The molecule has 22 heavy (non-hydrogen) atoms. The summed E-state index contributed by atoms with van der Waals surface area (Å²) >= 11 is 0. The van der Waals surface area contributed by atoms with Crippen LogP contribution in [0.4, 0.5) is 0 Å². The molecule has 0 aromatic heterocycles. The first kappa shape index (κ1) is 16.3. The Kier molecular flexibility index (Phi) is 3.85. The topological polar surface area (TPSA) is 40.5 Å². The van der Waals surface area contributed by atoms with E-state index in [1.807, 2.05) is 6.08 Å². The standard InChI is InChI=1S/C20H32O2/c1-5-20(13-21)11-8-15-14(12-20)6-7-16-18(2,3)17(22)9-10-19(15,16)4/h5,12,15-17,21-22H,1,6-11,13H2,2-4H3/t15-,16-,17-,19+,20-/m1/s1. The first-order chi connectivity index (χ1) is 10.3. The highest BCUT2D eigenvalue weighted by Gasteiger charge is 2.57. The third-order valence-electron chi connectivity index (χ3n) is 7.55. The molecule has 2 N–H and O–H groups in total. The molecule has 3 aliphatic rings. The predicted octanol–water partition coefficient (Wildman–Crippen LogP) is 4.08. The minimum atomic E-state index is -0.196. The maximum absolute atomic E-state index is 10.5. The van der Waals surface area contributed by atoms with Crippen molar-refractivity contribution in [3.63, 3.8) is 0 Å². The van der Waals surface area contributed by atoms with E-state index in [-0.39, 0.29) is 23.5 Å². The molecule has 2 saturated carbocycles. The summed E-state index contributed by atoms with van der Waals surface area (Å²) in [5.41, 5.74) is 1.67. The van der Waals surface area contributed by atoms with Crippen LogP contribution in [0.15, 0.2) is 24.3 Å². The fraction of sp³-hybridized carbons (Fsp3) is 0.800. The second-order valence-electron chi connectivity index (χ2n) is 8.88. The van der Waals surface area contributed by atoms with Crippen LogP contribution < -0.4 is 0 Å². The van der Waals surface area contributed by atoms with Crippen LogP contribution in [-0.2, 0) is 0 Å². The molecule has 2 heteroatoms. The number of aliphatic hydroxyl groups excluding tert-OH is 2. The highest BCUT2D eigenvalue weighted by Crippen LogP contribution is 2.63. The van der Waals surface area contributed by atoms with Crippen molar-refractivity contribution < 1.29 is 10.2 Å². The molecule has 124 valence electrons. The van der Waals surface area contributed by atoms with Gasteiger partial charge in [0.25, 0.3) is 0 Å². The first-order valence-corrected chi connectivity index (χ1v) is 8.93. The average molecular weight is 304 g/mol. The van der Waals surface area contributed by atoms with E-state index in [9.17, 15) is 10.2 Å². The van der Waals surface area contributed by atoms with E-state index in [1.54, 1.807) is 5.57 Å². The summed E-state index contributed by atoms with van der Waals surface area (Å²) in [6.45, 7) is 11.1. The number of rotatable bonds is 2. The molecule has 0 unspecified atom stereocenters. The smallest absolute Gasteiger partial charge is 0.0594 e. The number of hydrogen-bond donors (Lipinski definition) is 2. The lowest BCUT2D eigenvalue weighted by Gasteiger charge is -2.61. The lowest BCUT2D eigenvalue weighted by molar-refractivity contribution is -0.127. The molecular formula is C20H32O2. The molecule has 0 aromatic carbocycles. The molecule has 2 nitrogen and oxygen atoms in total. The van der Waals surface area contributed by atoms with Crippen molar-refractivity contribution in [3.05, 3.63) is 24.3 Å². The zero-order valence-electron chi connectivity index (χ0n) is 14.4. The van der Waals surface area contributed by atoms with E-state index < -0.39 is 0 Å². The Morgan fingerprint density at radius 1 is 1.23 bits per heavy atom. The van der Waals surface area contributed by atoms with Crippen molar-refractivity contribution in [1.82, 2.24) is 0 Å². The van der Waals surface area contributed by atoms with E-state index in [4.69, 9.17) is 0 Å². The number of aliphatic hydroxyl groups is 2. The van der Waals surface area contributed by atoms with E-state index in [1.165, 1.54) is 6.42 Å². The van der Waals surface area contributed by atoms with Crippen molar-refractivity contribution >= 4 is 0 Å². The van der Waals surface area contributed by atoms with E-state index in [2.05, 4.69) is 33.4 Å². The summed E-state index contributed by atoms with van der Waals surface area (Å²) in [5, 5.41) is 20.3. The minimum Gasteiger partial charge on any atom is -0.395 e. The molecule has 5 atom stereocenters. The van der Waals surface area contributed by atoms with Crippen LogP contribution in [0, 0.1) is 28.1 Å². The van der Waals surface area contributed by atoms with Gasteiger partial charge in [-0.3, -0.25) is 0 Å². The van der Waals surface area contributed by atoms with Gasteiger partial charge in [-0.05, 0) is 61.2 Å². The van der Waals surface area contributed by atoms with Crippen LogP contribution >= 0.6 is 0 Å². The van der Waals surface area contributed by atoms with Gasteiger partial charge in [-0.15, -0.1) is 6.58 Å². The summed E-state index contributed by atoms with van der Waals surface area (Å²) in [4.78, 5) is 0. The van der Waals surface area contributed by atoms with Gasteiger partial charge in [0.1, 0.15) is 0 Å². The van der Waals surface area contributed by atoms with E-state index >= 15 is 0 Å².